The van der Waals surface area contributed by atoms with Crippen molar-refractivity contribution in [2.45, 2.75) is 38.6 Å². The maximum Gasteiger partial charge on any atom is 0.171 e. The van der Waals surface area contributed by atoms with Crippen LogP contribution in [0.25, 0.3) is 0 Å². The molecule has 4 nitrogen and oxygen atoms in total. The van der Waals surface area contributed by atoms with Crippen LogP contribution < -0.4 is 10.6 Å². The molecule has 0 saturated heterocycles. The molecule has 1 aliphatic carbocycles. The maximum atomic E-state index is 8.72. The normalized spacial score (nSPS) is 23.6. The Hall–Kier alpha value is -1.42. The van der Waals surface area contributed by atoms with Crippen molar-refractivity contribution in [1.82, 2.24) is 0 Å². The minimum atomic E-state index is 0.0373. The Kier molecular flexibility index (Phi) is 4.76. The Labute approximate surface area is 125 Å². The summed E-state index contributed by atoms with van der Waals surface area (Å²) in [5, 5.41) is 12.2. The zero-order valence-electron chi connectivity index (χ0n) is 12.0. The highest BCUT2D eigenvalue weighted by molar-refractivity contribution is 6.34. The van der Waals surface area contributed by atoms with Gasteiger partial charge in [0.15, 0.2) is 5.84 Å². The first-order chi connectivity index (χ1) is 9.54. The van der Waals surface area contributed by atoms with E-state index in [1.165, 1.54) is 25.7 Å². The number of halogens is 1. The molecule has 1 aliphatic rings. The van der Waals surface area contributed by atoms with Crippen LogP contribution in [0.4, 0.5) is 5.69 Å². The number of nitrogens with two attached hydrogens (primary N) is 1. The van der Waals surface area contributed by atoms with Gasteiger partial charge in [-0.15, -0.1) is 0 Å². The van der Waals surface area contributed by atoms with Gasteiger partial charge in [-0.3, -0.25) is 0 Å². The monoisotopic (exact) mass is 295 g/mol. The summed E-state index contributed by atoms with van der Waals surface area (Å²) in [5.41, 5.74) is 7.22. The number of hydrogen-bond donors (Lipinski definition) is 2. The first-order valence-electron chi connectivity index (χ1n) is 7.05. The minimum absolute atomic E-state index is 0.0373. The van der Waals surface area contributed by atoms with Crippen LogP contribution in [0, 0.1) is 5.92 Å². The molecule has 0 bridgehead atoms. The topological polar surface area (TPSA) is 61.8 Å². The fourth-order valence-electron chi connectivity index (χ4n) is 3.05. The van der Waals surface area contributed by atoms with E-state index in [0.29, 0.717) is 22.5 Å². The molecule has 1 aromatic rings. The van der Waals surface area contributed by atoms with Gasteiger partial charge in [0.1, 0.15) is 0 Å². The molecule has 2 rings (SSSR count). The van der Waals surface area contributed by atoms with E-state index in [1.54, 1.807) is 6.07 Å². The fraction of sp³-hybridized carbons (Fsp3) is 0.533. The third-order valence-corrected chi connectivity index (χ3v) is 4.62. The summed E-state index contributed by atoms with van der Waals surface area (Å²) in [7, 11) is 2.11. The van der Waals surface area contributed by atoms with Crippen LogP contribution >= 0.6 is 11.6 Å². The third-order valence-electron chi connectivity index (χ3n) is 4.31. The van der Waals surface area contributed by atoms with Gasteiger partial charge in [-0.2, -0.15) is 0 Å². The van der Waals surface area contributed by atoms with Gasteiger partial charge in [0, 0.05) is 24.3 Å². The second-order valence-electron chi connectivity index (χ2n) is 5.59. The Balaban J connectivity index is 2.22. The van der Waals surface area contributed by atoms with Crippen molar-refractivity contribution in [3.05, 3.63) is 28.8 Å². The number of nitrogens with zero attached hydrogens (tertiary/aromatic N) is 2. The quantitative estimate of drug-likeness (QED) is 0.388. The van der Waals surface area contributed by atoms with Crippen LogP contribution in [-0.4, -0.2) is 24.1 Å². The van der Waals surface area contributed by atoms with E-state index in [4.69, 9.17) is 22.5 Å². The lowest BCUT2D eigenvalue weighted by atomic mass is 9.85. The zero-order chi connectivity index (χ0) is 14.7. The molecule has 0 amide bonds. The highest BCUT2D eigenvalue weighted by atomic mass is 35.5. The predicted molar refractivity (Wildman–Crippen MR) is 83.8 cm³/mol. The summed E-state index contributed by atoms with van der Waals surface area (Å²) in [4.78, 5) is 2.30. The van der Waals surface area contributed by atoms with E-state index in [9.17, 15) is 0 Å². The number of hydrogen-bond acceptors (Lipinski definition) is 3. The molecule has 2 atom stereocenters. The fourth-order valence-corrected chi connectivity index (χ4v) is 3.32. The van der Waals surface area contributed by atoms with E-state index >= 15 is 0 Å². The van der Waals surface area contributed by atoms with E-state index in [-0.39, 0.29) is 5.84 Å². The van der Waals surface area contributed by atoms with Gasteiger partial charge in [0.25, 0.3) is 0 Å². The molecular weight excluding hydrogens is 274 g/mol. The first kappa shape index (κ1) is 15.0. The Bertz CT molecular complexity index is 504. The van der Waals surface area contributed by atoms with Gasteiger partial charge >= 0.3 is 0 Å². The van der Waals surface area contributed by atoms with E-state index in [0.717, 1.165) is 5.69 Å². The van der Waals surface area contributed by atoms with Crippen molar-refractivity contribution in [1.29, 1.82) is 0 Å². The van der Waals surface area contributed by atoms with E-state index < -0.39 is 0 Å². The molecule has 110 valence electrons. The number of anilines is 1. The van der Waals surface area contributed by atoms with E-state index in [2.05, 4.69) is 24.0 Å². The van der Waals surface area contributed by atoms with Gasteiger partial charge in [0.05, 0.1) is 5.02 Å². The first-order valence-corrected chi connectivity index (χ1v) is 7.42. The van der Waals surface area contributed by atoms with Gasteiger partial charge in [-0.05, 0) is 37.0 Å². The minimum Gasteiger partial charge on any atom is -0.409 e. The second-order valence-corrected chi connectivity index (χ2v) is 6.00. The third kappa shape index (κ3) is 3.01. The van der Waals surface area contributed by atoms with Crippen molar-refractivity contribution in [2.24, 2.45) is 16.8 Å². The van der Waals surface area contributed by atoms with Gasteiger partial charge in [0.2, 0.25) is 0 Å². The van der Waals surface area contributed by atoms with E-state index in [1.807, 2.05) is 12.1 Å². The molecule has 1 saturated carbocycles. The summed E-state index contributed by atoms with van der Waals surface area (Å²) >= 11 is 6.22. The largest absolute Gasteiger partial charge is 0.409 e. The molecule has 3 N–H and O–H groups in total. The van der Waals surface area contributed by atoms with Crippen molar-refractivity contribution < 1.29 is 5.21 Å². The zero-order valence-corrected chi connectivity index (χ0v) is 12.8. The summed E-state index contributed by atoms with van der Waals surface area (Å²) in [6.45, 7) is 2.31. The van der Waals surface area contributed by atoms with Crippen molar-refractivity contribution in [3.63, 3.8) is 0 Å². The molecule has 0 aliphatic heterocycles. The number of oxime groups is 1. The molecule has 1 fully saturated rings. The predicted octanol–water partition coefficient (Wildman–Crippen LogP) is 3.45. The smallest absolute Gasteiger partial charge is 0.171 e. The van der Waals surface area contributed by atoms with Gasteiger partial charge in [-0.25, -0.2) is 0 Å². The highest BCUT2D eigenvalue weighted by Crippen LogP contribution is 2.32. The molecule has 20 heavy (non-hydrogen) atoms. The molecule has 1 aromatic carbocycles. The lowest BCUT2D eigenvalue weighted by molar-refractivity contribution is 0.318. The van der Waals surface area contributed by atoms with Crippen molar-refractivity contribution in [3.8, 4) is 0 Å². The number of benzene rings is 1. The van der Waals surface area contributed by atoms with Crippen LogP contribution in [0.3, 0.4) is 0 Å². The van der Waals surface area contributed by atoms with Gasteiger partial charge in [-0.1, -0.05) is 36.5 Å². The Morgan fingerprint density at radius 1 is 1.40 bits per heavy atom. The molecule has 0 aromatic heterocycles. The van der Waals surface area contributed by atoms with Gasteiger partial charge < -0.3 is 15.8 Å². The van der Waals surface area contributed by atoms with Crippen LogP contribution in [0.15, 0.2) is 23.4 Å². The summed E-state index contributed by atoms with van der Waals surface area (Å²) in [5.74, 6) is 0.728. The average molecular weight is 296 g/mol. The standard InChI is InChI=1S/C15H22ClN3O/c1-10-5-3-4-6-14(10)19(2)11-7-8-12(13(16)9-11)15(17)18-20/h7-10,14,20H,3-6H2,1-2H3,(H2,17,18). The summed E-state index contributed by atoms with van der Waals surface area (Å²) in [6, 6.07) is 6.21. The second kappa shape index (κ2) is 6.35. The number of rotatable bonds is 3. The maximum absolute atomic E-state index is 8.72. The number of amidine groups is 1. The van der Waals surface area contributed by atoms with Crippen LogP contribution in [0.5, 0.6) is 0 Å². The molecule has 0 heterocycles. The van der Waals surface area contributed by atoms with Crippen molar-refractivity contribution >= 4 is 23.1 Å². The van der Waals surface area contributed by atoms with Crippen LogP contribution in [0.2, 0.25) is 5.02 Å². The summed E-state index contributed by atoms with van der Waals surface area (Å²) < 4.78 is 0. The SMILES string of the molecule is CC1CCCCC1N(C)c1ccc(C(N)=NO)c(Cl)c1. The van der Waals surface area contributed by atoms with Crippen LogP contribution in [-0.2, 0) is 0 Å². The summed E-state index contributed by atoms with van der Waals surface area (Å²) in [6.07, 6.45) is 5.12. The molecule has 2 unspecified atom stereocenters. The molecule has 5 heteroatoms. The lowest BCUT2D eigenvalue weighted by Crippen LogP contribution is -2.39. The Morgan fingerprint density at radius 2 is 2.10 bits per heavy atom. The molecule has 0 spiro atoms. The average Bonchev–Trinajstić information content (AvgIpc) is 2.46. The highest BCUT2D eigenvalue weighted by Gasteiger charge is 2.25. The lowest BCUT2D eigenvalue weighted by Gasteiger charge is -2.37. The molecule has 0 radical (unpaired) electrons. The van der Waals surface area contributed by atoms with Crippen LogP contribution in [0.1, 0.15) is 38.2 Å². The molecular formula is C15H22ClN3O. The Morgan fingerprint density at radius 3 is 2.70 bits per heavy atom. The van der Waals surface area contributed by atoms with Crippen molar-refractivity contribution in [2.75, 3.05) is 11.9 Å².